The van der Waals surface area contributed by atoms with Crippen LogP contribution in [0.3, 0.4) is 0 Å². The predicted octanol–water partition coefficient (Wildman–Crippen LogP) is 3.34. The van der Waals surface area contributed by atoms with E-state index in [1.165, 1.54) is 6.07 Å². The lowest BCUT2D eigenvalue weighted by Gasteiger charge is -2.19. The Morgan fingerprint density at radius 3 is 2.61 bits per heavy atom. The monoisotopic (exact) mass is 427 g/mol. The van der Waals surface area contributed by atoms with E-state index in [-0.39, 0.29) is 18.4 Å². The van der Waals surface area contributed by atoms with Gasteiger partial charge in [0.05, 0.1) is 6.61 Å². The number of nitrogens with zero attached hydrogens (tertiary/aromatic N) is 2. The first-order valence-corrected chi connectivity index (χ1v) is 10.1. The maximum absolute atomic E-state index is 13.5. The van der Waals surface area contributed by atoms with Crippen LogP contribution >= 0.6 is 0 Å². The first-order valence-electron chi connectivity index (χ1n) is 10.1. The van der Waals surface area contributed by atoms with E-state index in [1.54, 1.807) is 16.6 Å². The van der Waals surface area contributed by atoms with Crippen LogP contribution in [0.2, 0.25) is 0 Å². The lowest BCUT2D eigenvalue weighted by atomic mass is 10.1. The smallest absolute Gasteiger partial charge is 0.271 e. The SMILES string of the molecule is COCCN1CCCn2c(C(=O)NCc3ccc(F)c(F)c3)c3ccccc3c2C1=O. The van der Waals surface area contributed by atoms with E-state index in [0.717, 1.165) is 17.5 Å². The molecule has 0 spiro atoms. The van der Waals surface area contributed by atoms with Gasteiger partial charge in [0.25, 0.3) is 11.8 Å². The summed E-state index contributed by atoms with van der Waals surface area (Å²) in [5.41, 5.74) is 1.33. The Balaban J connectivity index is 1.68. The summed E-state index contributed by atoms with van der Waals surface area (Å²) in [6.07, 6.45) is 0.701. The highest BCUT2D eigenvalue weighted by Crippen LogP contribution is 2.29. The quantitative estimate of drug-likeness (QED) is 0.656. The number of hydrogen-bond donors (Lipinski definition) is 1. The fourth-order valence-corrected chi connectivity index (χ4v) is 4.00. The number of fused-ring (bicyclic) bond motifs is 3. The van der Waals surface area contributed by atoms with Crippen molar-refractivity contribution in [2.24, 2.45) is 0 Å². The van der Waals surface area contributed by atoms with Crippen molar-refractivity contribution in [3.05, 3.63) is 71.1 Å². The van der Waals surface area contributed by atoms with Crippen LogP contribution in [0.15, 0.2) is 42.5 Å². The standard InChI is InChI=1S/C23H23F2N3O3/c1-31-12-11-27-9-4-10-28-20(16-5-2-3-6-17(16)21(28)23(27)30)22(29)26-14-15-7-8-18(24)19(25)13-15/h2-3,5-8,13H,4,9-12,14H2,1H3,(H,26,29). The van der Waals surface area contributed by atoms with Gasteiger partial charge in [0.15, 0.2) is 11.6 Å². The summed E-state index contributed by atoms with van der Waals surface area (Å²) in [4.78, 5) is 28.2. The van der Waals surface area contributed by atoms with Crippen LogP contribution in [-0.4, -0.2) is 48.1 Å². The number of aromatic nitrogens is 1. The van der Waals surface area contributed by atoms with Crippen molar-refractivity contribution in [3.63, 3.8) is 0 Å². The first-order chi connectivity index (χ1) is 15.0. The highest BCUT2D eigenvalue weighted by Gasteiger charge is 2.30. The van der Waals surface area contributed by atoms with Crippen molar-refractivity contribution in [3.8, 4) is 0 Å². The first kappa shape index (κ1) is 21.0. The van der Waals surface area contributed by atoms with Crippen LogP contribution in [0.1, 0.15) is 33.0 Å². The van der Waals surface area contributed by atoms with Crippen LogP contribution in [0.25, 0.3) is 10.8 Å². The molecule has 8 heteroatoms. The summed E-state index contributed by atoms with van der Waals surface area (Å²) in [5, 5.41) is 4.18. The van der Waals surface area contributed by atoms with Crippen molar-refractivity contribution in [1.82, 2.24) is 14.8 Å². The van der Waals surface area contributed by atoms with Crippen LogP contribution in [0.5, 0.6) is 0 Å². The van der Waals surface area contributed by atoms with E-state index in [9.17, 15) is 18.4 Å². The number of carbonyl (C=O) groups is 2. The molecule has 1 N–H and O–H groups in total. The summed E-state index contributed by atoms with van der Waals surface area (Å²) in [7, 11) is 1.59. The van der Waals surface area contributed by atoms with Gasteiger partial charge < -0.3 is 19.5 Å². The van der Waals surface area contributed by atoms with Crippen LogP contribution < -0.4 is 5.32 Å². The molecule has 1 aliphatic rings. The van der Waals surface area contributed by atoms with Crippen LogP contribution in [-0.2, 0) is 17.8 Å². The van der Waals surface area contributed by atoms with Gasteiger partial charge in [0, 0.05) is 44.1 Å². The van der Waals surface area contributed by atoms with E-state index in [1.807, 2.05) is 24.3 Å². The highest BCUT2D eigenvalue weighted by atomic mass is 19.2. The lowest BCUT2D eigenvalue weighted by Crippen LogP contribution is -2.34. The Labute approximate surface area is 178 Å². The van der Waals surface area contributed by atoms with Crippen LogP contribution in [0, 0.1) is 11.6 Å². The predicted molar refractivity (Wildman–Crippen MR) is 112 cm³/mol. The van der Waals surface area contributed by atoms with Crippen molar-refractivity contribution >= 4 is 22.6 Å². The summed E-state index contributed by atoms with van der Waals surface area (Å²) in [5.74, 6) is -2.40. The second-order valence-electron chi connectivity index (χ2n) is 7.46. The van der Waals surface area contributed by atoms with Gasteiger partial charge in [-0.15, -0.1) is 0 Å². The minimum Gasteiger partial charge on any atom is -0.383 e. The van der Waals surface area contributed by atoms with Gasteiger partial charge in [-0.3, -0.25) is 9.59 Å². The molecule has 0 fully saturated rings. The molecule has 2 aromatic carbocycles. The molecule has 0 saturated carbocycles. The van der Waals surface area contributed by atoms with E-state index in [0.29, 0.717) is 55.0 Å². The molecule has 0 unspecified atom stereocenters. The molecule has 4 rings (SSSR count). The Morgan fingerprint density at radius 2 is 1.87 bits per heavy atom. The number of rotatable bonds is 6. The van der Waals surface area contributed by atoms with Gasteiger partial charge in [-0.2, -0.15) is 0 Å². The van der Waals surface area contributed by atoms with Gasteiger partial charge in [0.2, 0.25) is 0 Å². The second-order valence-corrected chi connectivity index (χ2v) is 7.46. The molecule has 0 aliphatic carbocycles. The zero-order valence-corrected chi connectivity index (χ0v) is 17.2. The highest BCUT2D eigenvalue weighted by molar-refractivity contribution is 6.14. The fourth-order valence-electron chi connectivity index (χ4n) is 4.00. The Morgan fingerprint density at radius 1 is 1.10 bits per heavy atom. The van der Waals surface area contributed by atoms with Crippen molar-refractivity contribution in [1.29, 1.82) is 0 Å². The third-order valence-corrected chi connectivity index (χ3v) is 5.49. The average Bonchev–Trinajstić information content (AvgIpc) is 3.01. The molecule has 162 valence electrons. The van der Waals surface area contributed by atoms with Gasteiger partial charge in [0.1, 0.15) is 11.4 Å². The van der Waals surface area contributed by atoms with Crippen molar-refractivity contribution in [2.75, 3.05) is 26.8 Å². The van der Waals surface area contributed by atoms with Gasteiger partial charge in [-0.05, 0) is 24.1 Å². The Bertz CT molecular complexity index is 1140. The number of hydrogen-bond acceptors (Lipinski definition) is 3. The molecule has 1 aromatic heterocycles. The second kappa shape index (κ2) is 8.85. The summed E-state index contributed by atoms with van der Waals surface area (Å²) >= 11 is 0. The van der Waals surface area contributed by atoms with Crippen LogP contribution in [0.4, 0.5) is 8.78 Å². The number of halogens is 2. The molecular weight excluding hydrogens is 404 g/mol. The number of carbonyl (C=O) groups excluding carboxylic acids is 2. The number of nitrogens with one attached hydrogen (secondary N) is 1. The number of benzene rings is 2. The Kier molecular flexibility index (Phi) is 5.99. The van der Waals surface area contributed by atoms with Crippen molar-refractivity contribution in [2.45, 2.75) is 19.5 Å². The molecule has 2 heterocycles. The van der Waals surface area contributed by atoms with Gasteiger partial charge in [-0.1, -0.05) is 30.3 Å². The number of methoxy groups -OCH3 is 1. The molecule has 31 heavy (non-hydrogen) atoms. The third-order valence-electron chi connectivity index (χ3n) is 5.49. The third kappa shape index (κ3) is 4.03. The molecule has 2 amide bonds. The summed E-state index contributed by atoms with van der Waals surface area (Å²) < 4.78 is 33.5. The molecule has 6 nitrogen and oxygen atoms in total. The minimum atomic E-state index is -0.963. The maximum Gasteiger partial charge on any atom is 0.271 e. The van der Waals surface area contributed by atoms with E-state index in [4.69, 9.17) is 4.74 Å². The van der Waals surface area contributed by atoms with Gasteiger partial charge >= 0.3 is 0 Å². The van der Waals surface area contributed by atoms with E-state index in [2.05, 4.69) is 5.32 Å². The topological polar surface area (TPSA) is 63.6 Å². The van der Waals surface area contributed by atoms with Crippen molar-refractivity contribution < 1.29 is 23.1 Å². The maximum atomic E-state index is 13.5. The van der Waals surface area contributed by atoms with Gasteiger partial charge in [-0.25, -0.2) is 8.78 Å². The molecule has 0 atom stereocenters. The fraction of sp³-hybridized carbons (Fsp3) is 0.304. The molecule has 1 aliphatic heterocycles. The number of amides is 2. The zero-order valence-electron chi connectivity index (χ0n) is 17.2. The number of ether oxygens (including phenoxy) is 1. The molecule has 0 radical (unpaired) electrons. The Hall–Kier alpha value is -3.26. The molecule has 0 bridgehead atoms. The zero-order chi connectivity index (χ0) is 22.0. The minimum absolute atomic E-state index is 0.0405. The normalized spacial score (nSPS) is 13.9. The lowest BCUT2D eigenvalue weighted by molar-refractivity contribution is 0.0701. The largest absolute Gasteiger partial charge is 0.383 e. The molecular formula is C23H23F2N3O3. The summed E-state index contributed by atoms with van der Waals surface area (Å²) in [6, 6.07) is 10.8. The molecule has 3 aromatic rings. The molecule has 0 saturated heterocycles. The average molecular weight is 427 g/mol. The van der Waals surface area contributed by atoms with E-state index < -0.39 is 11.6 Å². The van der Waals surface area contributed by atoms with E-state index >= 15 is 0 Å². The summed E-state index contributed by atoms with van der Waals surface area (Å²) in [6.45, 7) is 2.05.